The van der Waals surface area contributed by atoms with Crippen molar-refractivity contribution in [2.45, 2.75) is 13.0 Å². The molecule has 0 aromatic heterocycles. The van der Waals surface area contributed by atoms with E-state index in [0.29, 0.717) is 0 Å². The van der Waals surface area contributed by atoms with Crippen LogP contribution in [0.2, 0.25) is 0 Å². The van der Waals surface area contributed by atoms with Crippen molar-refractivity contribution in [2.75, 3.05) is 17.9 Å². The number of carbonyl (C=O) groups excluding carboxylic acids is 1. The van der Waals surface area contributed by atoms with Crippen LogP contribution >= 0.6 is 23.5 Å². The lowest BCUT2D eigenvalue weighted by Crippen LogP contribution is -2.39. The summed E-state index contributed by atoms with van der Waals surface area (Å²) in [6.07, 6.45) is 2.03. The zero-order valence-corrected chi connectivity index (χ0v) is 12.0. The summed E-state index contributed by atoms with van der Waals surface area (Å²) in [5.74, 6) is 1.85. The Morgan fingerprint density at radius 1 is 1.50 bits per heavy atom. The van der Waals surface area contributed by atoms with Gasteiger partial charge in [-0.25, -0.2) is 4.99 Å². The van der Waals surface area contributed by atoms with E-state index in [1.165, 1.54) is 0 Å². The second kappa shape index (κ2) is 4.63. The third-order valence-corrected chi connectivity index (χ3v) is 5.04. The molecule has 2 aliphatic rings. The number of thioether (sulfide) groups is 2. The van der Waals surface area contributed by atoms with Crippen LogP contribution in [0.25, 0.3) is 0 Å². The first-order chi connectivity index (χ1) is 8.70. The fourth-order valence-corrected chi connectivity index (χ4v) is 4.23. The van der Waals surface area contributed by atoms with E-state index < -0.39 is 0 Å². The van der Waals surface area contributed by atoms with E-state index in [2.05, 4.69) is 0 Å². The molecule has 1 aromatic rings. The van der Waals surface area contributed by atoms with Gasteiger partial charge in [0.15, 0.2) is 0 Å². The van der Waals surface area contributed by atoms with Crippen molar-refractivity contribution in [3.8, 4) is 0 Å². The van der Waals surface area contributed by atoms with Crippen LogP contribution in [-0.2, 0) is 0 Å². The number of nitrogens with zero attached hydrogens (tertiary/aromatic N) is 2. The van der Waals surface area contributed by atoms with Crippen LogP contribution in [0.1, 0.15) is 15.9 Å². The summed E-state index contributed by atoms with van der Waals surface area (Å²) in [7, 11) is 0. The maximum absolute atomic E-state index is 12.6. The zero-order chi connectivity index (χ0) is 12.7. The molecule has 3 nitrogen and oxygen atoms in total. The topological polar surface area (TPSA) is 32.7 Å². The Morgan fingerprint density at radius 2 is 2.33 bits per heavy atom. The van der Waals surface area contributed by atoms with E-state index in [4.69, 9.17) is 4.99 Å². The van der Waals surface area contributed by atoms with Crippen molar-refractivity contribution < 1.29 is 4.79 Å². The number of amides is 1. The highest BCUT2D eigenvalue weighted by atomic mass is 32.2. The van der Waals surface area contributed by atoms with Gasteiger partial charge in [0, 0.05) is 5.75 Å². The molecule has 1 saturated heterocycles. The highest BCUT2D eigenvalue weighted by molar-refractivity contribution is 8.13. The monoisotopic (exact) mass is 278 g/mol. The molecular formula is C13H14N2OS2. The van der Waals surface area contributed by atoms with Crippen LogP contribution in [-0.4, -0.2) is 39.8 Å². The van der Waals surface area contributed by atoms with Gasteiger partial charge in [0.05, 0.1) is 28.2 Å². The van der Waals surface area contributed by atoms with Gasteiger partial charge in [0.1, 0.15) is 0 Å². The third-order valence-electron chi connectivity index (χ3n) is 3.25. The lowest BCUT2D eigenvalue weighted by Gasteiger charge is -2.21. The molecule has 2 heterocycles. The van der Waals surface area contributed by atoms with E-state index in [-0.39, 0.29) is 11.9 Å². The minimum Gasteiger partial charge on any atom is -0.319 e. The molecule has 1 atom stereocenters. The molecule has 1 fully saturated rings. The number of aliphatic imine (C=N–C) groups is 1. The Morgan fingerprint density at radius 3 is 3.11 bits per heavy atom. The van der Waals surface area contributed by atoms with Gasteiger partial charge in [0.2, 0.25) is 0 Å². The fraction of sp³-hybridized carbons (Fsp3) is 0.385. The quantitative estimate of drug-likeness (QED) is 0.731. The highest BCUT2D eigenvalue weighted by Crippen LogP contribution is 2.34. The number of hydrogen-bond acceptors (Lipinski definition) is 4. The van der Waals surface area contributed by atoms with Gasteiger partial charge in [-0.1, -0.05) is 11.6 Å². The molecule has 1 unspecified atom stereocenters. The molecule has 0 saturated carbocycles. The Hall–Kier alpha value is -0.940. The van der Waals surface area contributed by atoms with Crippen LogP contribution in [0.3, 0.4) is 0 Å². The van der Waals surface area contributed by atoms with Crippen molar-refractivity contribution in [2.24, 2.45) is 4.99 Å². The fourth-order valence-electron chi connectivity index (χ4n) is 2.30. The van der Waals surface area contributed by atoms with Gasteiger partial charge < -0.3 is 4.90 Å². The number of fused-ring (bicyclic) bond motifs is 2. The Labute approximate surface area is 115 Å². The average molecular weight is 278 g/mol. The first kappa shape index (κ1) is 12.1. The van der Waals surface area contributed by atoms with E-state index in [9.17, 15) is 4.79 Å². The van der Waals surface area contributed by atoms with Crippen molar-refractivity contribution in [1.29, 1.82) is 0 Å². The lowest BCUT2D eigenvalue weighted by atomic mass is 10.1. The summed E-state index contributed by atoms with van der Waals surface area (Å²) < 4.78 is 0. The van der Waals surface area contributed by atoms with Crippen molar-refractivity contribution in [1.82, 2.24) is 4.90 Å². The maximum atomic E-state index is 12.6. The largest absolute Gasteiger partial charge is 0.319 e. The Balaban J connectivity index is 2.16. The van der Waals surface area contributed by atoms with Crippen molar-refractivity contribution in [3.63, 3.8) is 0 Å². The molecule has 18 heavy (non-hydrogen) atoms. The molecule has 5 heteroatoms. The third kappa shape index (κ3) is 1.86. The second-order valence-electron chi connectivity index (χ2n) is 4.47. The summed E-state index contributed by atoms with van der Waals surface area (Å²) in [4.78, 5) is 19.2. The van der Waals surface area contributed by atoms with E-state index in [1.54, 1.807) is 23.5 Å². The van der Waals surface area contributed by atoms with Crippen LogP contribution in [0.15, 0.2) is 23.2 Å². The summed E-state index contributed by atoms with van der Waals surface area (Å²) in [5, 5.41) is 1.05. The molecule has 1 amide bonds. The van der Waals surface area contributed by atoms with Gasteiger partial charge in [0.25, 0.3) is 5.91 Å². The number of aryl methyl sites for hydroxylation is 1. The van der Waals surface area contributed by atoms with Crippen LogP contribution < -0.4 is 0 Å². The van der Waals surface area contributed by atoms with E-state index in [0.717, 1.165) is 33.5 Å². The van der Waals surface area contributed by atoms with Crippen molar-refractivity contribution >= 4 is 40.2 Å². The standard InChI is InChI=1S/C13H14N2OS2/c1-8-3-4-10-9(5-8)13(16)15-7-18-6-11(15)12(14-10)17-2/h3-5,11H,6-7H2,1-2H3. The van der Waals surface area contributed by atoms with E-state index >= 15 is 0 Å². The van der Waals surface area contributed by atoms with Gasteiger partial charge >= 0.3 is 0 Å². The Kier molecular flexibility index (Phi) is 3.11. The zero-order valence-electron chi connectivity index (χ0n) is 10.3. The number of hydrogen-bond donors (Lipinski definition) is 0. The summed E-state index contributed by atoms with van der Waals surface area (Å²) in [6.45, 7) is 2.01. The van der Waals surface area contributed by atoms with Gasteiger partial charge in [-0.2, -0.15) is 0 Å². The molecular weight excluding hydrogens is 264 g/mol. The minimum absolute atomic E-state index is 0.122. The van der Waals surface area contributed by atoms with Gasteiger partial charge in [-0.05, 0) is 25.3 Å². The normalized spacial score (nSPS) is 22.3. The molecule has 94 valence electrons. The summed E-state index contributed by atoms with van der Waals surface area (Å²) in [5.41, 5.74) is 2.66. The van der Waals surface area contributed by atoms with Gasteiger partial charge in [-0.15, -0.1) is 23.5 Å². The van der Waals surface area contributed by atoms with Crippen LogP contribution in [0.5, 0.6) is 0 Å². The summed E-state index contributed by atoms with van der Waals surface area (Å²) >= 11 is 3.45. The van der Waals surface area contributed by atoms with Gasteiger partial charge in [-0.3, -0.25) is 4.79 Å². The molecule has 1 aromatic carbocycles. The molecule has 2 aliphatic heterocycles. The lowest BCUT2D eigenvalue weighted by molar-refractivity contribution is 0.0784. The average Bonchev–Trinajstić information content (AvgIpc) is 2.81. The Bertz CT molecular complexity index is 542. The molecule has 0 N–H and O–H groups in total. The van der Waals surface area contributed by atoms with E-state index in [1.807, 2.05) is 36.3 Å². The first-order valence-electron chi connectivity index (χ1n) is 5.82. The van der Waals surface area contributed by atoms with Crippen molar-refractivity contribution in [3.05, 3.63) is 29.3 Å². The second-order valence-corrected chi connectivity index (χ2v) is 6.29. The molecule has 0 bridgehead atoms. The van der Waals surface area contributed by atoms with Crippen LogP contribution in [0, 0.1) is 6.92 Å². The smallest absolute Gasteiger partial charge is 0.257 e. The maximum Gasteiger partial charge on any atom is 0.257 e. The SMILES string of the molecule is CSC1=Nc2ccc(C)cc2C(=O)N2CSCC12. The first-order valence-corrected chi connectivity index (χ1v) is 8.20. The minimum atomic E-state index is 0.122. The predicted molar refractivity (Wildman–Crippen MR) is 79.1 cm³/mol. The highest BCUT2D eigenvalue weighted by Gasteiger charge is 2.36. The summed E-state index contributed by atoms with van der Waals surface area (Å²) in [6, 6.07) is 6.07. The molecule has 0 spiro atoms. The predicted octanol–water partition coefficient (Wildman–Crippen LogP) is 2.92. The molecule has 0 aliphatic carbocycles. The number of rotatable bonds is 0. The number of carbonyl (C=O) groups is 1. The van der Waals surface area contributed by atoms with Crippen LogP contribution in [0.4, 0.5) is 5.69 Å². The molecule has 0 radical (unpaired) electrons. The molecule has 3 rings (SSSR count). The number of benzene rings is 1.